The third-order valence-electron chi connectivity index (χ3n) is 3.99. The van der Waals surface area contributed by atoms with E-state index in [1.807, 2.05) is 6.07 Å². The quantitative estimate of drug-likeness (QED) is 0.757. The van der Waals surface area contributed by atoms with Gasteiger partial charge in [0.15, 0.2) is 0 Å². The molecule has 0 aromatic heterocycles. The van der Waals surface area contributed by atoms with Crippen LogP contribution >= 0.6 is 0 Å². The number of rotatable bonds is 6. The Bertz CT molecular complexity index is 994. The number of nitriles is 1. The minimum absolute atomic E-state index is 0.0688. The molecule has 0 aliphatic heterocycles. The van der Waals surface area contributed by atoms with E-state index in [0.29, 0.717) is 5.56 Å². The summed E-state index contributed by atoms with van der Waals surface area (Å²) < 4.78 is 31.2. The number of sulfonamides is 1. The first-order chi connectivity index (χ1) is 12.7. The first-order valence-corrected chi connectivity index (χ1v) is 9.49. The predicted molar refractivity (Wildman–Crippen MR) is 101 cm³/mol. The third-order valence-corrected chi connectivity index (χ3v) is 5.83. The van der Waals surface area contributed by atoms with Crippen molar-refractivity contribution in [3.63, 3.8) is 0 Å². The summed E-state index contributed by atoms with van der Waals surface area (Å²) in [5, 5.41) is 8.98. The summed E-state index contributed by atoms with van der Waals surface area (Å²) in [5.74, 6) is -0.167. The van der Waals surface area contributed by atoms with Crippen LogP contribution in [-0.2, 0) is 16.6 Å². The predicted octanol–water partition coefficient (Wildman–Crippen LogP) is 2.09. The van der Waals surface area contributed by atoms with Crippen molar-refractivity contribution in [3.8, 4) is 11.8 Å². The summed E-state index contributed by atoms with van der Waals surface area (Å²) in [6, 6.07) is 13.3. The first-order valence-electron chi connectivity index (χ1n) is 8.05. The van der Waals surface area contributed by atoms with E-state index in [2.05, 4.69) is 6.07 Å². The lowest BCUT2D eigenvalue weighted by atomic mass is 10.1. The molecule has 0 aliphatic carbocycles. The van der Waals surface area contributed by atoms with E-state index in [-0.39, 0.29) is 28.7 Å². The molecule has 0 fully saturated rings. The van der Waals surface area contributed by atoms with Crippen LogP contribution < -0.4 is 4.74 Å². The van der Waals surface area contributed by atoms with Gasteiger partial charge in [-0.15, -0.1) is 0 Å². The minimum Gasteiger partial charge on any atom is -0.495 e. The second-order valence-corrected chi connectivity index (χ2v) is 8.25. The molecule has 0 N–H and O–H groups in total. The largest absolute Gasteiger partial charge is 0.495 e. The van der Waals surface area contributed by atoms with Gasteiger partial charge in [0.1, 0.15) is 10.6 Å². The highest BCUT2D eigenvalue weighted by molar-refractivity contribution is 7.89. The van der Waals surface area contributed by atoms with Gasteiger partial charge in [0.05, 0.1) is 18.7 Å². The van der Waals surface area contributed by atoms with Crippen LogP contribution in [-0.4, -0.2) is 51.8 Å². The average molecular weight is 387 g/mol. The van der Waals surface area contributed by atoms with Gasteiger partial charge in [0.2, 0.25) is 10.0 Å². The molecule has 0 bridgehead atoms. The SMILES string of the molecule is COc1ccc(C(=O)N(C)Cc2cccc(C#N)c2)cc1S(=O)(=O)N(C)C. The fourth-order valence-electron chi connectivity index (χ4n) is 2.51. The van der Waals surface area contributed by atoms with Gasteiger partial charge in [-0.25, -0.2) is 12.7 Å². The van der Waals surface area contributed by atoms with E-state index in [1.165, 1.54) is 44.3 Å². The number of carbonyl (C=O) groups is 1. The maximum atomic E-state index is 12.8. The molecular weight excluding hydrogens is 366 g/mol. The lowest BCUT2D eigenvalue weighted by Crippen LogP contribution is -2.27. The number of hydrogen-bond acceptors (Lipinski definition) is 5. The number of benzene rings is 2. The molecular formula is C19H21N3O4S. The summed E-state index contributed by atoms with van der Waals surface area (Å²) >= 11 is 0. The molecule has 27 heavy (non-hydrogen) atoms. The Morgan fingerprint density at radius 3 is 2.44 bits per heavy atom. The molecule has 0 radical (unpaired) electrons. The van der Waals surface area contributed by atoms with Crippen LogP contribution in [0.15, 0.2) is 47.4 Å². The van der Waals surface area contributed by atoms with Crippen LogP contribution in [0.5, 0.6) is 5.75 Å². The van der Waals surface area contributed by atoms with E-state index in [1.54, 1.807) is 25.2 Å². The summed E-state index contributed by atoms with van der Waals surface area (Å²) in [7, 11) is 2.05. The lowest BCUT2D eigenvalue weighted by molar-refractivity contribution is 0.0785. The summed E-state index contributed by atoms with van der Waals surface area (Å²) in [6.07, 6.45) is 0. The van der Waals surface area contributed by atoms with Gasteiger partial charge in [-0.3, -0.25) is 4.79 Å². The van der Waals surface area contributed by atoms with Gasteiger partial charge < -0.3 is 9.64 Å². The minimum atomic E-state index is -3.77. The topological polar surface area (TPSA) is 90.7 Å². The molecule has 0 unspecified atom stereocenters. The van der Waals surface area contributed by atoms with Crippen molar-refractivity contribution >= 4 is 15.9 Å². The van der Waals surface area contributed by atoms with Crippen molar-refractivity contribution in [2.24, 2.45) is 0 Å². The Morgan fingerprint density at radius 2 is 1.85 bits per heavy atom. The zero-order valence-electron chi connectivity index (χ0n) is 15.6. The highest BCUT2D eigenvalue weighted by Crippen LogP contribution is 2.27. The molecule has 2 rings (SSSR count). The Balaban J connectivity index is 2.34. The monoisotopic (exact) mass is 387 g/mol. The molecule has 8 heteroatoms. The Labute approximate surface area is 159 Å². The molecule has 0 spiro atoms. The normalized spacial score (nSPS) is 11.1. The molecule has 0 heterocycles. The van der Waals surface area contributed by atoms with E-state index in [4.69, 9.17) is 10.00 Å². The summed E-state index contributed by atoms with van der Waals surface area (Å²) in [5.41, 5.74) is 1.55. The Hall–Kier alpha value is -2.89. The molecule has 142 valence electrons. The van der Waals surface area contributed by atoms with Gasteiger partial charge in [-0.05, 0) is 35.9 Å². The van der Waals surface area contributed by atoms with E-state index >= 15 is 0 Å². The fraction of sp³-hybridized carbons (Fsp3) is 0.263. The zero-order valence-corrected chi connectivity index (χ0v) is 16.4. The number of carbonyl (C=O) groups excluding carboxylic acids is 1. The molecule has 7 nitrogen and oxygen atoms in total. The number of nitrogens with zero attached hydrogens (tertiary/aromatic N) is 3. The van der Waals surface area contributed by atoms with Crippen molar-refractivity contribution in [3.05, 3.63) is 59.2 Å². The highest BCUT2D eigenvalue weighted by atomic mass is 32.2. The molecule has 1 amide bonds. The second-order valence-electron chi connectivity index (χ2n) is 6.13. The van der Waals surface area contributed by atoms with E-state index < -0.39 is 10.0 Å². The van der Waals surface area contributed by atoms with Crippen LogP contribution in [0.2, 0.25) is 0 Å². The fourth-order valence-corrected chi connectivity index (χ4v) is 3.59. The van der Waals surface area contributed by atoms with Gasteiger partial charge in [-0.1, -0.05) is 12.1 Å². The van der Waals surface area contributed by atoms with Gasteiger partial charge in [-0.2, -0.15) is 5.26 Å². The summed E-state index contributed by atoms with van der Waals surface area (Å²) in [6.45, 7) is 0.288. The molecule has 2 aromatic rings. The van der Waals surface area contributed by atoms with E-state index in [0.717, 1.165) is 9.87 Å². The highest BCUT2D eigenvalue weighted by Gasteiger charge is 2.24. The third kappa shape index (κ3) is 4.45. The Morgan fingerprint density at radius 1 is 1.15 bits per heavy atom. The smallest absolute Gasteiger partial charge is 0.253 e. The van der Waals surface area contributed by atoms with Crippen molar-refractivity contribution in [1.29, 1.82) is 5.26 Å². The van der Waals surface area contributed by atoms with Crippen molar-refractivity contribution < 1.29 is 17.9 Å². The standard InChI is InChI=1S/C19H21N3O4S/c1-21(2)27(24,25)18-11-16(8-9-17(18)26-4)19(23)22(3)13-15-7-5-6-14(10-15)12-20/h5-11H,13H2,1-4H3. The van der Waals surface area contributed by atoms with Crippen molar-refractivity contribution in [2.45, 2.75) is 11.4 Å². The zero-order chi connectivity index (χ0) is 20.2. The maximum absolute atomic E-state index is 12.8. The van der Waals surface area contributed by atoms with Gasteiger partial charge in [0.25, 0.3) is 5.91 Å². The maximum Gasteiger partial charge on any atom is 0.253 e. The first kappa shape index (κ1) is 20.4. The van der Waals surface area contributed by atoms with Crippen molar-refractivity contribution in [2.75, 3.05) is 28.3 Å². The van der Waals surface area contributed by atoms with Crippen LogP contribution in [0.3, 0.4) is 0 Å². The molecule has 0 aliphatic rings. The van der Waals surface area contributed by atoms with Crippen LogP contribution in [0.4, 0.5) is 0 Å². The second kappa shape index (κ2) is 8.20. The molecule has 0 saturated heterocycles. The number of amides is 1. The van der Waals surface area contributed by atoms with Gasteiger partial charge in [0, 0.05) is 33.3 Å². The summed E-state index contributed by atoms with van der Waals surface area (Å²) in [4.78, 5) is 14.2. The Kier molecular flexibility index (Phi) is 6.20. The lowest BCUT2D eigenvalue weighted by Gasteiger charge is -2.19. The number of hydrogen-bond donors (Lipinski definition) is 0. The van der Waals surface area contributed by atoms with Crippen molar-refractivity contribution in [1.82, 2.24) is 9.21 Å². The molecule has 2 aromatic carbocycles. The molecule has 0 atom stereocenters. The van der Waals surface area contributed by atoms with Crippen LogP contribution in [0.1, 0.15) is 21.5 Å². The van der Waals surface area contributed by atoms with Gasteiger partial charge >= 0.3 is 0 Å². The van der Waals surface area contributed by atoms with E-state index in [9.17, 15) is 13.2 Å². The number of methoxy groups -OCH3 is 1. The number of ether oxygens (including phenoxy) is 1. The van der Waals surface area contributed by atoms with Crippen LogP contribution in [0.25, 0.3) is 0 Å². The van der Waals surface area contributed by atoms with Crippen LogP contribution in [0, 0.1) is 11.3 Å². The molecule has 0 saturated carbocycles. The average Bonchev–Trinajstić information content (AvgIpc) is 2.66.